The van der Waals surface area contributed by atoms with Crippen LogP contribution in [0.1, 0.15) is 10.4 Å². The highest BCUT2D eigenvalue weighted by molar-refractivity contribution is 6.04. The molecule has 3 rings (SSSR count). The highest BCUT2D eigenvalue weighted by atomic mass is 16.5. The molecule has 3 amide bonds. The Labute approximate surface area is 165 Å². The summed E-state index contributed by atoms with van der Waals surface area (Å²) < 4.78 is 0. The monoisotopic (exact) mass is 393 g/mol. The van der Waals surface area contributed by atoms with Crippen LogP contribution in [-0.2, 0) is 9.59 Å². The van der Waals surface area contributed by atoms with E-state index in [0.29, 0.717) is 11.3 Å². The van der Waals surface area contributed by atoms with Crippen LogP contribution in [0.2, 0.25) is 0 Å². The van der Waals surface area contributed by atoms with Crippen molar-refractivity contribution in [3.05, 3.63) is 72.4 Å². The molecule has 0 aliphatic heterocycles. The number of hydroxylamine groups is 1. The Balaban J connectivity index is 1.82. The topological polar surface area (TPSA) is 146 Å². The summed E-state index contributed by atoms with van der Waals surface area (Å²) in [7, 11) is 0. The number of fused-ring (bicyclic) bond motifs is 1. The predicted octanol–water partition coefficient (Wildman–Crippen LogP) is 0.805. The molecule has 0 aliphatic carbocycles. The van der Waals surface area contributed by atoms with Gasteiger partial charge in [-0.2, -0.15) is 0 Å². The summed E-state index contributed by atoms with van der Waals surface area (Å²) in [5.74, 6) is -2.32. The third kappa shape index (κ3) is 4.72. The number of pyridine rings is 1. The minimum Gasteiger partial charge on any atom is -0.338 e. The van der Waals surface area contributed by atoms with E-state index in [2.05, 4.69) is 15.6 Å². The minimum atomic E-state index is -1.52. The average Bonchev–Trinajstić information content (AvgIpc) is 2.76. The first-order valence-corrected chi connectivity index (χ1v) is 8.70. The fourth-order valence-corrected chi connectivity index (χ4v) is 2.73. The summed E-state index contributed by atoms with van der Waals surface area (Å²) in [6.07, 6.45) is 1.66. The quantitative estimate of drug-likeness (QED) is 0.309. The molecule has 148 valence electrons. The Morgan fingerprint density at radius 1 is 0.966 bits per heavy atom. The van der Waals surface area contributed by atoms with Crippen molar-refractivity contribution in [3.63, 3.8) is 0 Å². The Morgan fingerprint density at radius 2 is 1.72 bits per heavy atom. The molecule has 0 spiro atoms. The van der Waals surface area contributed by atoms with Gasteiger partial charge >= 0.3 is 0 Å². The molecule has 0 saturated carbocycles. The molecule has 3 aromatic rings. The zero-order valence-electron chi connectivity index (χ0n) is 15.2. The van der Waals surface area contributed by atoms with Crippen LogP contribution in [0.5, 0.6) is 0 Å². The van der Waals surface area contributed by atoms with Gasteiger partial charge in [-0.15, -0.1) is 0 Å². The molecule has 0 saturated heterocycles. The Bertz CT molecular complexity index is 1040. The molecule has 1 heterocycles. The molecule has 0 aliphatic rings. The van der Waals surface area contributed by atoms with Gasteiger partial charge in [-0.3, -0.25) is 24.6 Å². The highest BCUT2D eigenvalue weighted by Crippen LogP contribution is 2.17. The maximum absolute atomic E-state index is 12.8. The van der Waals surface area contributed by atoms with Crippen LogP contribution in [0.3, 0.4) is 0 Å². The SMILES string of the molecule is NC(C(=O)NO)[C@H](NC(=O)c1ccccc1)C(=O)Nc1ccc2ncccc2c1. The van der Waals surface area contributed by atoms with Gasteiger partial charge in [0.2, 0.25) is 5.91 Å². The molecular weight excluding hydrogens is 374 g/mol. The Kier molecular flexibility index (Phi) is 6.12. The Morgan fingerprint density at radius 3 is 2.45 bits per heavy atom. The molecule has 0 bridgehead atoms. The van der Waals surface area contributed by atoms with E-state index in [0.717, 1.165) is 10.9 Å². The van der Waals surface area contributed by atoms with Gasteiger partial charge in [0.1, 0.15) is 12.1 Å². The zero-order chi connectivity index (χ0) is 20.8. The van der Waals surface area contributed by atoms with Crippen molar-refractivity contribution in [2.75, 3.05) is 5.32 Å². The molecule has 9 nitrogen and oxygen atoms in total. The first kappa shape index (κ1) is 19.9. The summed E-state index contributed by atoms with van der Waals surface area (Å²) in [5, 5.41) is 14.7. The van der Waals surface area contributed by atoms with E-state index in [4.69, 9.17) is 10.9 Å². The van der Waals surface area contributed by atoms with E-state index >= 15 is 0 Å². The van der Waals surface area contributed by atoms with Crippen LogP contribution in [-0.4, -0.2) is 40.0 Å². The number of carbonyl (C=O) groups is 3. The lowest BCUT2D eigenvalue weighted by molar-refractivity contribution is -0.133. The smallest absolute Gasteiger partial charge is 0.262 e. The second-order valence-corrected chi connectivity index (χ2v) is 6.22. The molecule has 1 unspecified atom stereocenters. The molecule has 0 fully saturated rings. The number of amides is 3. The van der Waals surface area contributed by atoms with E-state index in [1.165, 1.54) is 5.48 Å². The number of anilines is 1. The van der Waals surface area contributed by atoms with E-state index in [-0.39, 0.29) is 0 Å². The number of benzene rings is 2. The van der Waals surface area contributed by atoms with Gasteiger partial charge in [0, 0.05) is 22.8 Å². The van der Waals surface area contributed by atoms with E-state index in [1.807, 2.05) is 6.07 Å². The van der Waals surface area contributed by atoms with Gasteiger partial charge in [-0.05, 0) is 36.4 Å². The van der Waals surface area contributed by atoms with Crippen molar-refractivity contribution < 1.29 is 19.6 Å². The van der Waals surface area contributed by atoms with Crippen molar-refractivity contribution in [2.45, 2.75) is 12.1 Å². The second-order valence-electron chi connectivity index (χ2n) is 6.22. The predicted molar refractivity (Wildman–Crippen MR) is 106 cm³/mol. The molecule has 29 heavy (non-hydrogen) atoms. The number of hydrogen-bond donors (Lipinski definition) is 5. The first-order chi connectivity index (χ1) is 14.0. The van der Waals surface area contributed by atoms with Gasteiger partial charge in [0.15, 0.2) is 0 Å². The molecule has 2 aromatic carbocycles. The number of hydrogen-bond acceptors (Lipinski definition) is 6. The lowest BCUT2D eigenvalue weighted by Crippen LogP contribution is -2.59. The fraction of sp³-hybridized carbons (Fsp3) is 0.100. The number of nitrogens with zero attached hydrogens (tertiary/aromatic N) is 1. The van der Waals surface area contributed by atoms with Crippen molar-refractivity contribution in [2.24, 2.45) is 5.73 Å². The van der Waals surface area contributed by atoms with Crippen LogP contribution < -0.4 is 21.8 Å². The van der Waals surface area contributed by atoms with Crippen LogP contribution in [0, 0.1) is 0 Å². The minimum absolute atomic E-state index is 0.290. The van der Waals surface area contributed by atoms with E-state index in [9.17, 15) is 14.4 Å². The third-order valence-electron chi connectivity index (χ3n) is 4.25. The van der Waals surface area contributed by atoms with Gasteiger partial charge in [0.05, 0.1) is 5.52 Å². The van der Waals surface area contributed by atoms with Crippen LogP contribution >= 0.6 is 0 Å². The third-order valence-corrected chi connectivity index (χ3v) is 4.25. The number of nitrogens with two attached hydrogens (primary N) is 1. The zero-order valence-corrected chi connectivity index (χ0v) is 15.2. The van der Waals surface area contributed by atoms with Crippen molar-refractivity contribution in [1.82, 2.24) is 15.8 Å². The summed E-state index contributed by atoms with van der Waals surface area (Å²) in [6, 6.07) is 13.9. The molecule has 9 heteroatoms. The number of aromatic nitrogens is 1. The van der Waals surface area contributed by atoms with Gasteiger partial charge in [-0.1, -0.05) is 24.3 Å². The lowest BCUT2D eigenvalue weighted by atomic mass is 10.1. The fourth-order valence-electron chi connectivity index (χ4n) is 2.73. The molecule has 6 N–H and O–H groups in total. The summed E-state index contributed by atoms with van der Waals surface area (Å²) >= 11 is 0. The Hall–Kier alpha value is -3.82. The largest absolute Gasteiger partial charge is 0.338 e. The number of carbonyl (C=O) groups excluding carboxylic acids is 3. The molecule has 0 radical (unpaired) electrons. The first-order valence-electron chi connectivity index (χ1n) is 8.70. The van der Waals surface area contributed by atoms with Gasteiger partial charge in [-0.25, -0.2) is 5.48 Å². The van der Waals surface area contributed by atoms with Crippen molar-refractivity contribution in [3.8, 4) is 0 Å². The summed E-state index contributed by atoms with van der Waals surface area (Å²) in [4.78, 5) is 41.2. The van der Waals surface area contributed by atoms with Gasteiger partial charge < -0.3 is 16.4 Å². The normalized spacial score (nSPS) is 12.6. The van der Waals surface area contributed by atoms with Crippen molar-refractivity contribution >= 4 is 34.3 Å². The van der Waals surface area contributed by atoms with E-state index < -0.39 is 29.8 Å². The average molecular weight is 393 g/mol. The highest BCUT2D eigenvalue weighted by Gasteiger charge is 2.32. The summed E-state index contributed by atoms with van der Waals surface area (Å²) in [6.45, 7) is 0. The van der Waals surface area contributed by atoms with Gasteiger partial charge in [0.25, 0.3) is 11.8 Å². The second kappa shape index (κ2) is 8.91. The summed E-state index contributed by atoms with van der Waals surface area (Å²) in [5.41, 5.74) is 8.66. The molecular formula is C20H19N5O4. The maximum Gasteiger partial charge on any atom is 0.262 e. The maximum atomic E-state index is 12.8. The van der Waals surface area contributed by atoms with Crippen LogP contribution in [0.4, 0.5) is 5.69 Å². The number of rotatable bonds is 6. The molecule has 2 atom stereocenters. The standard InChI is InChI=1S/C20H19N5O4/c21-16(19(27)25-29)17(24-18(26)12-5-2-1-3-6-12)20(28)23-14-8-9-15-13(11-14)7-4-10-22-15/h1-11,16-17,29H,21H2,(H,23,28)(H,24,26)(H,25,27)/t16?,17-/m0/s1. The van der Waals surface area contributed by atoms with Crippen LogP contribution in [0.15, 0.2) is 66.9 Å². The van der Waals surface area contributed by atoms with Crippen molar-refractivity contribution in [1.29, 1.82) is 0 Å². The lowest BCUT2D eigenvalue weighted by Gasteiger charge is -2.23. The molecule has 1 aromatic heterocycles. The van der Waals surface area contributed by atoms with E-state index in [1.54, 1.807) is 60.8 Å². The number of nitrogens with one attached hydrogen (secondary N) is 3. The van der Waals surface area contributed by atoms with Crippen LogP contribution in [0.25, 0.3) is 10.9 Å².